The molecule has 0 spiro atoms. The highest BCUT2D eigenvalue weighted by Gasteiger charge is 2.24. The van der Waals surface area contributed by atoms with Gasteiger partial charge in [0.1, 0.15) is 5.82 Å². The number of pyridine rings is 1. The fourth-order valence-corrected chi connectivity index (χ4v) is 7.42. The van der Waals surface area contributed by atoms with E-state index >= 15 is 0 Å². The zero-order valence-electron chi connectivity index (χ0n) is 28.2. The van der Waals surface area contributed by atoms with Crippen LogP contribution in [-0.2, 0) is 0 Å². The second-order valence-electron chi connectivity index (χ2n) is 11.8. The Morgan fingerprint density at radius 1 is 0.711 bits per heavy atom. The summed E-state index contributed by atoms with van der Waals surface area (Å²) in [7, 11) is 0. The Morgan fingerprint density at radius 3 is 2.38 bits per heavy atom. The van der Waals surface area contributed by atoms with Gasteiger partial charge in [0, 0.05) is 43.5 Å². The standard InChI is InChI=1S/C40H34N4S/c1-27(2)32-13-4-5-14-33(32)28-21-22-41-40(23-28)44-36-16-7-6-15-34(36)35-20-19-31(25-39(35)44)45-30-12-10-11-29(24-30)43-26-42(3)37-17-8-9-18-38(37)43/h4-25,27H,26H2,1-3H3/i3D3. The van der Waals surface area contributed by atoms with Crippen LogP contribution in [0.2, 0.25) is 0 Å². The Hall–Kier alpha value is -5.00. The zero-order valence-corrected chi connectivity index (χ0v) is 26.0. The van der Waals surface area contributed by atoms with Crippen LogP contribution < -0.4 is 9.80 Å². The van der Waals surface area contributed by atoms with Gasteiger partial charge in [0.25, 0.3) is 0 Å². The van der Waals surface area contributed by atoms with Gasteiger partial charge in [0.15, 0.2) is 0 Å². The number of hydrogen-bond acceptors (Lipinski definition) is 4. The molecule has 7 aromatic rings. The lowest BCUT2D eigenvalue weighted by Crippen LogP contribution is -2.23. The third-order valence-electron chi connectivity index (χ3n) is 8.62. The summed E-state index contributed by atoms with van der Waals surface area (Å²) in [5, 5.41) is 2.37. The largest absolute Gasteiger partial charge is 0.355 e. The third-order valence-corrected chi connectivity index (χ3v) is 9.60. The Labute approximate surface area is 272 Å². The van der Waals surface area contributed by atoms with Crippen LogP contribution in [0.4, 0.5) is 17.1 Å². The molecular formula is C40H34N4S. The van der Waals surface area contributed by atoms with E-state index in [2.05, 4.69) is 114 Å². The van der Waals surface area contributed by atoms with E-state index in [0.717, 1.165) is 49.3 Å². The highest BCUT2D eigenvalue weighted by molar-refractivity contribution is 7.99. The van der Waals surface area contributed by atoms with Crippen molar-refractivity contribution in [3.8, 4) is 16.9 Å². The van der Waals surface area contributed by atoms with E-state index in [1.54, 1.807) is 11.8 Å². The maximum atomic E-state index is 8.09. The molecule has 0 atom stereocenters. The van der Waals surface area contributed by atoms with Gasteiger partial charge in [-0.2, -0.15) is 0 Å². The summed E-state index contributed by atoms with van der Waals surface area (Å²) in [6.07, 6.45) is 1.91. The van der Waals surface area contributed by atoms with Gasteiger partial charge < -0.3 is 9.80 Å². The highest BCUT2D eigenvalue weighted by Crippen LogP contribution is 2.42. The van der Waals surface area contributed by atoms with Crippen LogP contribution in [0.1, 0.15) is 29.4 Å². The minimum absolute atomic E-state index is 0.268. The average Bonchev–Trinajstić information content (AvgIpc) is 3.65. The molecule has 5 aromatic carbocycles. The minimum Gasteiger partial charge on any atom is -0.355 e. The molecule has 0 fully saturated rings. The van der Waals surface area contributed by atoms with Gasteiger partial charge >= 0.3 is 0 Å². The summed E-state index contributed by atoms with van der Waals surface area (Å²) < 4.78 is 26.6. The van der Waals surface area contributed by atoms with Crippen LogP contribution >= 0.6 is 11.8 Å². The Bertz CT molecular complexity index is 2310. The smallest absolute Gasteiger partial charge is 0.138 e. The molecule has 1 aliphatic rings. The number of para-hydroxylation sites is 3. The SMILES string of the molecule is [2H]C([2H])([2H])N1CN(c2cccc(Sc3ccc4c5ccccc5n(-c5cc(-c6ccccc6C(C)C)ccn5)c4c3)c2)c2ccccc21. The van der Waals surface area contributed by atoms with E-state index < -0.39 is 6.98 Å². The summed E-state index contributed by atoms with van der Waals surface area (Å²) in [4.78, 5) is 10.6. The lowest BCUT2D eigenvalue weighted by atomic mass is 9.93. The second kappa shape index (κ2) is 11.2. The van der Waals surface area contributed by atoms with Crippen molar-refractivity contribution in [3.63, 3.8) is 0 Å². The first kappa shape index (κ1) is 24.3. The average molecular weight is 606 g/mol. The number of benzene rings is 5. The molecule has 220 valence electrons. The van der Waals surface area contributed by atoms with E-state index in [4.69, 9.17) is 9.10 Å². The first-order valence-electron chi connectivity index (χ1n) is 16.8. The maximum Gasteiger partial charge on any atom is 0.138 e. The van der Waals surface area contributed by atoms with Crippen molar-refractivity contribution in [2.75, 3.05) is 23.4 Å². The third kappa shape index (κ3) is 4.84. The molecule has 8 rings (SSSR count). The number of anilines is 3. The molecule has 3 heterocycles. The van der Waals surface area contributed by atoms with Crippen molar-refractivity contribution in [3.05, 3.63) is 139 Å². The molecule has 0 aliphatic carbocycles. The van der Waals surface area contributed by atoms with Gasteiger partial charge in [0.2, 0.25) is 0 Å². The molecule has 5 heteroatoms. The maximum absolute atomic E-state index is 8.09. The minimum atomic E-state index is -2.22. The van der Waals surface area contributed by atoms with Crippen LogP contribution in [0.5, 0.6) is 0 Å². The Morgan fingerprint density at radius 2 is 1.49 bits per heavy atom. The van der Waals surface area contributed by atoms with Crippen molar-refractivity contribution in [2.45, 2.75) is 29.6 Å². The second-order valence-corrected chi connectivity index (χ2v) is 12.9. The fraction of sp³-hybridized carbons (Fsp3) is 0.125. The van der Waals surface area contributed by atoms with Crippen molar-refractivity contribution in [2.24, 2.45) is 0 Å². The summed E-state index contributed by atoms with van der Waals surface area (Å²) in [5.74, 6) is 1.29. The molecule has 0 amide bonds. The summed E-state index contributed by atoms with van der Waals surface area (Å²) >= 11 is 1.70. The molecule has 0 saturated heterocycles. The lowest BCUT2D eigenvalue weighted by molar-refractivity contribution is 0.869. The summed E-state index contributed by atoms with van der Waals surface area (Å²) in [6, 6.07) is 44.1. The van der Waals surface area contributed by atoms with Gasteiger partial charge in [-0.15, -0.1) is 0 Å². The first-order chi connectivity index (χ1) is 23.3. The predicted octanol–water partition coefficient (Wildman–Crippen LogP) is 10.7. The van der Waals surface area contributed by atoms with Crippen molar-refractivity contribution in [1.29, 1.82) is 0 Å². The van der Waals surface area contributed by atoms with Crippen LogP contribution in [0.15, 0.2) is 143 Å². The normalized spacial score (nSPS) is 14.2. The molecule has 4 nitrogen and oxygen atoms in total. The highest BCUT2D eigenvalue weighted by atomic mass is 32.2. The predicted molar refractivity (Wildman–Crippen MR) is 191 cm³/mol. The number of aromatic nitrogens is 2. The monoisotopic (exact) mass is 605 g/mol. The topological polar surface area (TPSA) is 24.3 Å². The van der Waals surface area contributed by atoms with E-state index in [1.165, 1.54) is 26.8 Å². The van der Waals surface area contributed by atoms with Crippen molar-refractivity contribution >= 4 is 50.6 Å². The molecule has 1 aliphatic heterocycles. The lowest BCUT2D eigenvalue weighted by Gasteiger charge is -2.20. The number of hydrogen-bond donors (Lipinski definition) is 0. The zero-order chi connectivity index (χ0) is 33.0. The van der Waals surface area contributed by atoms with Crippen LogP contribution in [0.25, 0.3) is 38.8 Å². The summed E-state index contributed by atoms with van der Waals surface area (Å²) in [5.41, 5.74) is 8.49. The molecule has 2 aromatic heterocycles. The molecule has 0 unspecified atom stereocenters. The molecule has 0 N–H and O–H groups in total. The quantitative estimate of drug-likeness (QED) is 0.188. The molecule has 0 bridgehead atoms. The molecule has 45 heavy (non-hydrogen) atoms. The molecular weight excluding hydrogens is 569 g/mol. The number of rotatable bonds is 6. The molecule has 0 radical (unpaired) electrons. The van der Waals surface area contributed by atoms with Crippen molar-refractivity contribution < 1.29 is 4.11 Å². The van der Waals surface area contributed by atoms with Crippen LogP contribution in [0.3, 0.4) is 0 Å². The number of nitrogens with zero attached hydrogens (tertiary/aromatic N) is 4. The molecule has 0 saturated carbocycles. The van der Waals surface area contributed by atoms with E-state index in [-0.39, 0.29) is 6.67 Å². The fourth-order valence-electron chi connectivity index (χ4n) is 6.52. The first-order valence-corrected chi connectivity index (χ1v) is 16.1. The Kier molecular flexibility index (Phi) is 6.04. The van der Waals surface area contributed by atoms with Crippen LogP contribution in [-0.4, -0.2) is 23.2 Å². The summed E-state index contributed by atoms with van der Waals surface area (Å²) in [6.45, 7) is 2.51. The van der Waals surface area contributed by atoms with E-state index in [0.29, 0.717) is 5.92 Å². The van der Waals surface area contributed by atoms with Gasteiger partial charge in [-0.25, -0.2) is 4.98 Å². The van der Waals surface area contributed by atoms with Gasteiger partial charge in [-0.1, -0.05) is 92.3 Å². The van der Waals surface area contributed by atoms with Crippen LogP contribution in [0, 0.1) is 0 Å². The van der Waals surface area contributed by atoms with Gasteiger partial charge in [-0.3, -0.25) is 4.57 Å². The van der Waals surface area contributed by atoms with E-state index in [9.17, 15) is 0 Å². The van der Waals surface area contributed by atoms with E-state index in [1.807, 2.05) is 42.6 Å². The number of fused-ring (bicyclic) bond motifs is 4. The Balaban J connectivity index is 1.18. The van der Waals surface area contributed by atoms with Crippen molar-refractivity contribution in [1.82, 2.24) is 9.55 Å². The van der Waals surface area contributed by atoms with Gasteiger partial charge in [0.05, 0.1) is 29.1 Å². The van der Waals surface area contributed by atoms with Gasteiger partial charge in [-0.05, 0) is 83.3 Å².